The van der Waals surface area contributed by atoms with Crippen molar-refractivity contribution in [3.63, 3.8) is 0 Å². The number of carbonyl (C=O) groups is 2. The molecule has 112 valence electrons. The lowest BCUT2D eigenvalue weighted by Gasteiger charge is -2.07. The minimum atomic E-state index is -1.50. The van der Waals surface area contributed by atoms with Crippen LogP contribution in [0.5, 0.6) is 5.75 Å². The average molecular weight is 300 g/mol. The number of ether oxygens (including phenoxy) is 1. The molecule has 2 rings (SSSR count). The van der Waals surface area contributed by atoms with Gasteiger partial charge in [0.05, 0.1) is 0 Å². The second kappa shape index (κ2) is 7.17. The highest BCUT2D eigenvalue weighted by Crippen LogP contribution is 2.16. The van der Waals surface area contributed by atoms with E-state index in [0.717, 1.165) is 11.6 Å². The van der Waals surface area contributed by atoms with Crippen LogP contribution < -0.4 is 4.74 Å². The molecule has 2 aromatic carbocycles. The monoisotopic (exact) mass is 300 g/mol. The zero-order valence-electron chi connectivity index (χ0n) is 11.5. The second-order valence-corrected chi connectivity index (χ2v) is 4.49. The van der Waals surface area contributed by atoms with Gasteiger partial charge in [-0.2, -0.15) is 0 Å². The molecule has 0 spiro atoms. The second-order valence-electron chi connectivity index (χ2n) is 4.49. The Kier molecular flexibility index (Phi) is 5.03. The molecule has 2 aromatic rings. The standard InChI is InChI=1S/C17H13FO4/c18-14-7-4-13(5-8-14)11-22-15-3-1-2-12(10-15)6-9-16(19)17(20)21/h1-10H,11H2,(H,20,21)/b9-6+. The Hall–Kier alpha value is -2.95. The summed E-state index contributed by atoms with van der Waals surface area (Å²) >= 11 is 0. The molecule has 4 nitrogen and oxygen atoms in total. The number of rotatable bonds is 6. The predicted molar refractivity (Wildman–Crippen MR) is 78.9 cm³/mol. The van der Waals surface area contributed by atoms with Crippen molar-refractivity contribution in [2.45, 2.75) is 6.61 Å². The summed E-state index contributed by atoms with van der Waals surface area (Å²) in [5.74, 6) is -2.23. The third-order valence-electron chi connectivity index (χ3n) is 2.81. The van der Waals surface area contributed by atoms with Gasteiger partial charge in [0.2, 0.25) is 0 Å². The molecule has 0 saturated carbocycles. The summed E-state index contributed by atoms with van der Waals surface area (Å²) in [6.07, 6.45) is 2.39. The zero-order valence-corrected chi connectivity index (χ0v) is 11.5. The lowest BCUT2D eigenvalue weighted by Crippen LogP contribution is -2.08. The molecule has 0 heterocycles. The third-order valence-corrected chi connectivity index (χ3v) is 2.81. The number of benzene rings is 2. The number of carboxylic acid groups (broad SMARTS) is 1. The van der Waals surface area contributed by atoms with Gasteiger partial charge in [-0.1, -0.05) is 30.3 Å². The molecule has 0 aliphatic carbocycles. The van der Waals surface area contributed by atoms with Crippen LogP contribution in [-0.2, 0) is 16.2 Å². The van der Waals surface area contributed by atoms with E-state index in [2.05, 4.69) is 0 Å². The molecule has 0 unspecified atom stereocenters. The van der Waals surface area contributed by atoms with E-state index in [1.54, 1.807) is 36.4 Å². The van der Waals surface area contributed by atoms with Crippen LogP contribution in [-0.4, -0.2) is 16.9 Å². The van der Waals surface area contributed by atoms with E-state index in [1.807, 2.05) is 0 Å². The van der Waals surface area contributed by atoms with Crippen LogP contribution in [0.4, 0.5) is 4.39 Å². The molecule has 0 radical (unpaired) electrons. The summed E-state index contributed by atoms with van der Waals surface area (Å²) in [7, 11) is 0. The summed E-state index contributed by atoms with van der Waals surface area (Å²) in [5, 5.41) is 8.49. The van der Waals surface area contributed by atoms with Crippen molar-refractivity contribution in [3.8, 4) is 5.75 Å². The van der Waals surface area contributed by atoms with E-state index in [0.29, 0.717) is 11.3 Å². The van der Waals surface area contributed by atoms with Crippen molar-refractivity contribution >= 4 is 17.8 Å². The normalized spacial score (nSPS) is 10.6. The van der Waals surface area contributed by atoms with Crippen LogP contribution >= 0.6 is 0 Å². The first-order valence-corrected chi connectivity index (χ1v) is 6.47. The van der Waals surface area contributed by atoms with Gasteiger partial charge in [-0.05, 0) is 41.5 Å². The van der Waals surface area contributed by atoms with Crippen LogP contribution in [0.1, 0.15) is 11.1 Å². The van der Waals surface area contributed by atoms with Crippen molar-refractivity contribution in [1.82, 2.24) is 0 Å². The Bertz CT molecular complexity index is 705. The number of ketones is 1. The molecule has 1 N–H and O–H groups in total. The maximum absolute atomic E-state index is 12.8. The summed E-state index contributed by atoms with van der Waals surface area (Å²) in [5.41, 5.74) is 1.47. The van der Waals surface area contributed by atoms with E-state index in [1.165, 1.54) is 18.2 Å². The van der Waals surface area contributed by atoms with Crippen molar-refractivity contribution in [2.24, 2.45) is 0 Å². The van der Waals surface area contributed by atoms with Gasteiger partial charge in [-0.3, -0.25) is 4.79 Å². The molecular formula is C17H13FO4. The van der Waals surface area contributed by atoms with Gasteiger partial charge in [0, 0.05) is 0 Å². The molecule has 0 aliphatic rings. The first kappa shape index (κ1) is 15.4. The van der Waals surface area contributed by atoms with E-state index in [4.69, 9.17) is 9.84 Å². The molecule has 0 saturated heterocycles. The average Bonchev–Trinajstić information content (AvgIpc) is 2.52. The highest BCUT2D eigenvalue weighted by Gasteiger charge is 2.05. The summed E-state index contributed by atoms with van der Waals surface area (Å²) in [6, 6.07) is 12.8. The molecule has 0 aromatic heterocycles. The van der Waals surface area contributed by atoms with Crippen LogP contribution in [0.3, 0.4) is 0 Å². The number of halogens is 1. The van der Waals surface area contributed by atoms with E-state index < -0.39 is 11.8 Å². The number of carbonyl (C=O) groups excluding carboxylic acids is 1. The number of aliphatic carboxylic acids is 1. The predicted octanol–water partition coefficient (Wildman–Crippen LogP) is 3.07. The number of hydrogen-bond donors (Lipinski definition) is 1. The van der Waals surface area contributed by atoms with Crippen LogP contribution in [0, 0.1) is 5.82 Å². The van der Waals surface area contributed by atoms with Gasteiger partial charge < -0.3 is 9.84 Å². The van der Waals surface area contributed by atoms with Gasteiger partial charge in [0.15, 0.2) is 0 Å². The Morgan fingerprint density at radius 3 is 2.55 bits per heavy atom. The fraction of sp³-hybridized carbons (Fsp3) is 0.0588. The summed E-state index contributed by atoms with van der Waals surface area (Å²) in [6.45, 7) is 0.279. The Morgan fingerprint density at radius 2 is 1.86 bits per heavy atom. The Morgan fingerprint density at radius 1 is 1.14 bits per heavy atom. The maximum Gasteiger partial charge on any atom is 0.376 e. The van der Waals surface area contributed by atoms with E-state index >= 15 is 0 Å². The van der Waals surface area contributed by atoms with Gasteiger partial charge in [-0.15, -0.1) is 0 Å². The molecule has 22 heavy (non-hydrogen) atoms. The first-order chi connectivity index (χ1) is 10.5. The Balaban J connectivity index is 2.00. The topological polar surface area (TPSA) is 63.6 Å². The van der Waals surface area contributed by atoms with Crippen LogP contribution in [0.25, 0.3) is 6.08 Å². The molecule has 0 fully saturated rings. The van der Waals surface area contributed by atoms with Crippen LogP contribution in [0.2, 0.25) is 0 Å². The molecule has 0 amide bonds. The molecule has 0 bridgehead atoms. The van der Waals surface area contributed by atoms with Gasteiger partial charge in [0.1, 0.15) is 18.2 Å². The quantitative estimate of drug-likeness (QED) is 0.658. The molecule has 5 heteroatoms. The lowest BCUT2D eigenvalue weighted by atomic mass is 10.2. The van der Waals surface area contributed by atoms with E-state index in [9.17, 15) is 14.0 Å². The number of carboxylic acids is 1. The first-order valence-electron chi connectivity index (χ1n) is 6.47. The molecular weight excluding hydrogens is 287 g/mol. The highest BCUT2D eigenvalue weighted by atomic mass is 19.1. The van der Waals surface area contributed by atoms with Crippen LogP contribution in [0.15, 0.2) is 54.6 Å². The van der Waals surface area contributed by atoms with Gasteiger partial charge in [-0.25, -0.2) is 9.18 Å². The minimum Gasteiger partial charge on any atom is -0.489 e. The van der Waals surface area contributed by atoms with Crippen molar-refractivity contribution in [2.75, 3.05) is 0 Å². The third kappa shape index (κ3) is 4.56. The number of hydrogen-bond acceptors (Lipinski definition) is 3. The van der Waals surface area contributed by atoms with Crippen molar-refractivity contribution < 1.29 is 23.8 Å². The van der Waals surface area contributed by atoms with Crippen molar-refractivity contribution in [3.05, 3.63) is 71.6 Å². The van der Waals surface area contributed by atoms with Gasteiger partial charge in [0.25, 0.3) is 5.78 Å². The summed E-state index contributed by atoms with van der Waals surface area (Å²) < 4.78 is 18.4. The lowest BCUT2D eigenvalue weighted by molar-refractivity contribution is -0.146. The largest absolute Gasteiger partial charge is 0.489 e. The fourth-order valence-electron chi connectivity index (χ4n) is 1.70. The molecule has 0 aliphatic heterocycles. The summed E-state index contributed by atoms with van der Waals surface area (Å²) in [4.78, 5) is 21.4. The smallest absolute Gasteiger partial charge is 0.376 e. The fourth-order valence-corrected chi connectivity index (χ4v) is 1.70. The molecule has 0 atom stereocenters. The van der Waals surface area contributed by atoms with E-state index in [-0.39, 0.29) is 12.4 Å². The maximum atomic E-state index is 12.8. The minimum absolute atomic E-state index is 0.279. The van der Waals surface area contributed by atoms with Gasteiger partial charge >= 0.3 is 5.97 Å². The highest BCUT2D eigenvalue weighted by molar-refractivity contribution is 6.38. The Labute approximate surface area is 126 Å². The SMILES string of the molecule is O=C(O)C(=O)/C=C/c1cccc(OCc2ccc(F)cc2)c1. The van der Waals surface area contributed by atoms with Crippen molar-refractivity contribution in [1.29, 1.82) is 0 Å². The zero-order chi connectivity index (χ0) is 15.9.